The third kappa shape index (κ3) is 3.29. The molecule has 2 aromatic heterocycles. The highest BCUT2D eigenvalue weighted by atomic mass is 32.1. The first-order valence-electron chi connectivity index (χ1n) is 7.43. The Balaban J connectivity index is 1.87. The van der Waals surface area contributed by atoms with E-state index < -0.39 is 6.03 Å². The van der Waals surface area contributed by atoms with Crippen LogP contribution in [0, 0.1) is 6.92 Å². The van der Waals surface area contributed by atoms with Gasteiger partial charge in [0, 0.05) is 17.1 Å². The average molecular weight is 359 g/mol. The first kappa shape index (κ1) is 16.8. The molecule has 0 radical (unpaired) electrons. The summed E-state index contributed by atoms with van der Waals surface area (Å²) in [5.74, 6) is 1.06. The number of methoxy groups -OCH3 is 2. The van der Waals surface area contributed by atoms with Crippen LogP contribution in [0.4, 0.5) is 16.2 Å². The molecule has 2 amide bonds. The number of rotatable bonds is 4. The van der Waals surface area contributed by atoms with Gasteiger partial charge in [-0.2, -0.15) is 0 Å². The van der Waals surface area contributed by atoms with Gasteiger partial charge in [-0.1, -0.05) is 0 Å². The number of carbonyl (C=O) groups excluding carboxylic acids is 1. The molecule has 0 bridgehead atoms. The number of aryl methyl sites for hydroxylation is 1. The molecule has 130 valence electrons. The van der Waals surface area contributed by atoms with Crippen molar-refractivity contribution in [3.8, 4) is 11.5 Å². The van der Waals surface area contributed by atoms with Gasteiger partial charge in [-0.3, -0.25) is 4.79 Å². The molecular weight excluding hydrogens is 342 g/mol. The first-order chi connectivity index (χ1) is 12.0. The van der Waals surface area contributed by atoms with E-state index in [0.717, 1.165) is 10.4 Å². The van der Waals surface area contributed by atoms with Crippen LogP contribution in [-0.2, 0) is 0 Å². The number of pyridine rings is 1. The number of ether oxygens (including phenoxy) is 2. The number of aromatic amines is 1. The highest BCUT2D eigenvalue weighted by Gasteiger charge is 2.14. The summed E-state index contributed by atoms with van der Waals surface area (Å²) in [6.07, 6.45) is 0. The minimum Gasteiger partial charge on any atom is -0.497 e. The van der Waals surface area contributed by atoms with Crippen molar-refractivity contribution >= 4 is 38.8 Å². The molecular formula is C17H17N3O4S. The Kier molecular flexibility index (Phi) is 4.62. The maximum Gasteiger partial charge on any atom is 0.323 e. The van der Waals surface area contributed by atoms with Crippen molar-refractivity contribution < 1.29 is 14.3 Å². The number of amides is 2. The van der Waals surface area contributed by atoms with E-state index in [9.17, 15) is 9.59 Å². The molecule has 3 rings (SSSR count). The molecule has 0 spiro atoms. The van der Waals surface area contributed by atoms with Crippen molar-refractivity contribution in [1.82, 2.24) is 4.98 Å². The van der Waals surface area contributed by atoms with Crippen LogP contribution in [-0.4, -0.2) is 25.2 Å². The molecule has 1 aromatic carbocycles. The Morgan fingerprint density at radius 3 is 2.68 bits per heavy atom. The van der Waals surface area contributed by atoms with Gasteiger partial charge < -0.3 is 25.1 Å². The van der Waals surface area contributed by atoms with Crippen molar-refractivity contribution in [2.45, 2.75) is 6.92 Å². The molecule has 8 heteroatoms. The summed E-state index contributed by atoms with van der Waals surface area (Å²) >= 11 is 1.50. The van der Waals surface area contributed by atoms with Crippen LogP contribution in [0.25, 0.3) is 10.1 Å². The lowest BCUT2D eigenvalue weighted by atomic mass is 10.2. The number of fused-ring (bicyclic) bond motifs is 1. The molecule has 3 aromatic rings. The SMILES string of the molecule is COc1ccc(NC(=O)Nc2c(=O)[nH]c(C)c3sccc23)c(OC)c1. The van der Waals surface area contributed by atoms with Gasteiger partial charge in [-0.25, -0.2) is 4.79 Å². The van der Waals surface area contributed by atoms with Crippen molar-refractivity contribution in [3.63, 3.8) is 0 Å². The summed E-state index contributed by atoms with van der Waals surface area (Å²) < 4.78 is 11.3. The number of hydrogen-bond donors (Lipinski definition) is 3. The highest BCUT2D eigenvalue weighted by molar-refractivity contribution is 7.17. The zero-order chi connectivity index (χ0) is 18.0. The molecule has 0 saturated heterocycles. The summed E-state index contributed by atoms with van der Waals surface area (Å²) in [7, 11) is 3.04. The van der Waals surface area contributed by atoms with Gasteiger partial charge in [0.2, 0.25) is 0 Å². The molecule has 3 N–H and O–H groups in total. The highest BCUT2D eigenvalue weighted by Crippen LogP contribution is 2.30. The van der Waals surface area contributed by atoms with E-state index >= 15 is 0 Å². The van der Waals surface area contributed by atoms with Crippen LogP contribution in [0.15, 0.2) is 34.4 Å². The second kappa shape index (κ2) is 6.86. The van der Waals surface area contributed by atoms with E-state index in [1.54, 1.807) is 25.3 Å². The van der Waals surface area contributed by atoms with Gasteiger partial charge in [0.25, 0.3) is 5.56 Å². The predicted octanol–water partition coefficient (Wildman–Crippen LogP) is 3.56. The molecule has 2 heterocycles. The number of carbonyl (C=O) groups is 1. The maximum absolute atomic E-state index is 12.3. The molecule has 7 nitrogen and oxygen atoms in total. The maximum atomic E-state index is 12.3. The normalized spacial score (nSPS) is 10.5. The van der Waals surface area contributed by atoms with Crippen molar-refractivity contribution in [3.05, 3.63) is 45.7 Å². The summed E-state index contributed by atoms with van der Waals surface area (Å²) in [4.78, 5) is 27.3. The van der Waals surface area contributed by atoms with Crippen molar-refractivity contribution in [2.24, 2.45) is 0 Å². The van der Waals surface area contributed by atoms with Gasteiger partial charge >= 0.3 is 6.03 Å². The number of nitrogens with one attached hydrogen (secondary N) is 3. The van der Waals surface area contributed by atoms with Gasteiger partial charge in [-0.15, -0.1) is 11.3 Å². The third-order valence-corrected chi connectivity index (χ3v) is 4.73. The molecule has 25 heavy (non-hydrogen) atoms. The average Bonchev–Trinajstić information content (AvgIpc) is 3.09. The number of urea groups is 1. The number of hydrogen-bond acceptors (Lipinski definition) is 5. The van der Waals surface area contributed by atoms with Crippen LogP contribution in [0.2, 0.25) is 0 Å². The second-order valence-electron chi connectivity index (χ2n) is 5.26. The minimum atomic E-state index is -0.537. The van der Waals surface area contributed by atoms with E-state index in [1.165, 1.54) is 18.4 Å². The quantitative estimate of drug-likeness (QED) is 0.664. The molecule has 0 aliphatic carbocycles. The number of thiophene rings is 1. The molecule has 0 fully saturated rings. The Bertz CT molecular complexity index is 993. The Labute approximate surface area is 147 Å². The van der Waals surface area contributed by atoms with Crippen LogP contribution in [0.1, 0.15) is 5.69 Å². The zero-order valence-corrected chi connectivity index (χ0v) is 14.7. The number of anilines is 2. The van der Waals surface area contributed by atoms with E-state index in [-0.39, 0.29) is 11.2 Å². The van der Waals surface area contributed by atoms with Crippen molar-refractivity contribution in [2.75, 3.05) is 24.9 Å². The van der Waals surface area contributed by atoms with Crippen LogP contribution < -0.4 is 25.7 Å². The Morgan fingerprint density at radius 2 is 1.96 bits per heavy atom. The predicted molar refractivity (Wildman–Crippen MR) is 99.4 cm³/mol. The second-order valence-corrected chi connectivity index (χ2v) is 6.18. The number of aromatic nitrogens is 1. The van der Waals surface area contributed by atoms with Gasteiger partial charge in [0.1, 0.15) is 17.2 Å². The zero-order valence-electron chi connectivity index (χ0n) is 13.9. The lowest BCUT2D eigenvalue weighted by molar-refractivity contribution is 0.262. The van der Waals surface area contributed by atoms with E-state index in [2.05, 4.69) is 15.6 Å². The topological polar surface area (TPSA) is 92.5 Å². The van der Waals surface area contributed by atoms with E-state index in [1.807, 2.05) is 18.4 Å². The van der Waals surface area contributed by atoms with Crippen molar-refractivity contribution in [1.29, 1.82) is 0 Å². The van der Waals surface area contributed by atoms with Crippen LogP contribution in [0.5, 0.6) is 11.5 Å². The largest absolute Gasteiger partial charge is 0.497 e. The van der Waals surface area contributed by atoms with E-state index in [4.69, 9.17) is 9.47 Å². The lowest BCUT2D eigenvalue weighted by Crippen LogP contribution is -2.25. The summed E-state index contributed by atoms with van der Waals surface area (Å²) in [5, 5.41) is 7.89. The van der Waals surface area contributed by atoms with E-state index in [0.29, 0.717) is 22.6 Å². The first-order valence-corrected chi connectivity index (χ1v) is 8.31. The molecule has 0 unspecified atom stereocenters. The summed E-state index contributed by atoms with van der Waals surface area (Å²) in [6.45, 7) is 1.83. The van der Waals surface area contributed by atoms with Gasteiger partial charge in [0.05, 0.1) is 24.6 Å². The standard InChI is InChI=1S/C17H17N3O4S/c1-9-15-11(6-7-25-15)14(16(21)18-9)20-17(22)19-12-5-4-10(23-2)8-13(12)24-3/h4-8H,1-3H3,(H,18,21)(H2,19,20,22). The van der Waals surface area contributed by atoms with Gasteiger partial charge in [-0.05, 0) is 30.5 Å². The summed E-state index contributed by atoms with van der Waals surface area (Å²) in [5.41, 5.74) is 1.11. The molecule has 0 saturated carbocycles. The van der Waals surface area contributed by atoms with Crippen LogP contribution in [0.3, 0.4) is 0 Å². The molecule has 0 aliphatic heterocycles. The minimum absolute atomic E-state index is 0.215. The summed E-state index contributed by atoms with van der Waals surface area (Å²) in [6, 6.07) is 6.30. The Morgan fingerprint density at radius 1 is 1.16 bits per heavy atom. The Hall–Kier alpha value is -3.00. The van der Waals surface area contributed by atoms with Gasteiger partial charge in [0.15, 0.2) is 0 Å². The fourth-order valence-electron chi connectivity index (χ4n) is 2.50. The monoisotopic (exact) mass is 359 g/mol. The molecule has 0 atom stereocenters. The number of benzene rings is 1. The fraction of sp³-hybridized carbons (Fsp3) is 0.176. The number of H-pyrrole nitrogens is 1. The smallest absolute Gasteiger partial charge is 0.323 e. The lowest BCUT2D eigenvalue weighted by Gasteiger charge is -2.12. The van der Waals surface area contributed by atoms with Crippen LogP contribution >= 0.6 is 11.3 Å². The third-order valence-electron chi connectivity index (χ3n) is 3.70. The fourth-order valence-corrected chi connectivity index (χ4v) is 3.37. The molecule has 0 aliphatic rings.